The van der Waals surface area contributed by atoms with Gasteiger partial charge in [0.25, 0.3) is 0 Å². The standard InChI is InChI=1S/C16H24N2/c1-10-6-11(2)8-12(7-10)9-15(18-17)16-13-4-3-5-14(13)16/h6-8,13-16,18H,3-5,9,17H2,1-2H3. The Hall–Kier alpha value is -0.860. The summed E-state index contributed by atoms with van der Waals surface area (Å²) in [4.78, 5) is 0. The monoisotopic (exact) mass is 244 g/mol. The summed E-state index contributed by atoms with van der Waals surface area (Å²) < 4.78 is 0. The molecule has 1 aromatic rings. The van der Waals surface area contributed by atoms with Gasteiger partial charge in [0.05, 0.1) is 0 Å². The minimum absolute atomic E-state index is 0.474. The van der Waals surface area contributed by atoms with Crippen LogP contribution in [-0.2, 0) is 6.42 Å². The second-order valence-corrected chi connectivity index (χ2v) is 6.31. The van der Waals surface area contributed by atoms with Gasteiger partial charge in [-0.05, 0) is 56.4 Å². The molecule has 2 fully saturated rings. The molecule has 2 nitrogen and oxygen atoms in total. The summed E-state index contributed by atoms with van der Waals surface area (Å²) in [6.45, 7) is 4.35. The Bertz CT molecular complexity index is 410. The van der Waals surface area contributed by atoms with Crippen molar-refractivity contribution in [3.63, 3.8) is 0 Å². The molecule has 0 aromatic heterocycles. The van der Waals surface area contributed by atoms with Gasteiger partial charge in [-0.25, -0.2) is 0 Å². The molecule has 18 heavy (non-hydrogen) atoms. The van der Waals surface area contributed by atoms with Crippen LogP contribution in [-0.4, -0.2) is 6.04 Å². The van der Waals surface area contributed by atoms with E-state index in [0.717, 1.165) is 24.2 Å². The van der Waals surface area contributed by atoms with E-state index in [4.69, 9.17) is 5.84 Å². The molecule has 3 unspecified atom stereocenters. The van der Waals surface area contributed by atoms with Gasteiger partial charge < -0.3 is 0 Å². The molecule has 0 heterocycles. The van der Waals surface area contributed by atoms with Crippen LogP contribution in [0.4, 0.5) is 0 Å². The first-order valence-corrected chi connectivity index (χ1v) is 7.22. The first-order valence-electron chi connectivity index (χ1n) is 7.22. The first-order chi connectivity index (χ1) is 8.69. The Balaban J connectivity index is 1.70. The SMILES string of the molecule is Cc1cc(C)cc(CC(NN)C2C3CCCC32)c1. The van der Waals surface area contributed by atoms with E-state index in [2.05, 4.69) is 37.5 Å². The Morgan fingerprint density at radius 1 is 1.17 bits per heavy atom. The largest absolute Gasteiger partial charge is 0.271 e. The number of nitrogens with one attached hydrogen (secondary N) is 1. The molecule has 3 atom stereocenters. The molecule has 3 rings (SSSR count). The molecule has 2 saturated carbocycles. The predicted molar refractivity (Wildman–Crippen MR) is 75.1 cm³/mol. The van der Waals surface area contributed by atoms with E-state index >= 15 is 0 Å². The van der Waals surface area contributed by atoms with Gasteiger partial charge in [-0.3, -0.25) is 11.3 Å². The second kappa shape index (κ2) is 4.67. The average Bonchev–Trinajstić information content (AvgIpc) is 2.79. The van der Waals surface area contributed by atoms with Crippen molar-refractivity contribution in [3.05, 3.63) is 34.9 Å². The minimum Gasteiger partial charge on any atom is -0.271 e. The van der Waals surface area contributed by atoms with Gasteiger partial charge in [-0.2, -0.15) is 0 Å². The van der Waals surface area contributed by atoms with Crippen LogP contribution in [0.3, 0.4) is 0 Å². The number of benzene rings is 1. The van der Waals surface area contributed by atoms with Crippen molar-refractivity contribution in [3.8, 4) is 0 Å². The number of hydrogen-bond acceptors (Lipinski definition) is 2. The van der Waals surface area contributed by atoms with Crippen molar-refractivity contribution >= 4 is 0 Å². The van der Waals surface area contributed by atoms with Crippen LogP contribution in [0.25, 0.3) is 0 Å². The van der Waals surface area contributed by atoms with Crippen LogP contribution in [0.15, 0.2) is 18.2 Å². The molecule has 0 radical (unpaired) electrons. The Labute approximate surface area is 110 Å². The van der Waals surface area contributed by atoms with Crippen molar-refractivity contribution in [1.82, 2.24) is 5.43 Å². The third-order valence-electron chi connectivity index (χ3n) is 4.89. The van der Waals surface area contributed by atoms with E-state index in [9.17, 15) is 0 Å². The number of hydrogen-bond donors (Lipinski definition) is 2. The molecule has 2 heteroatoms. The highest BCUT2D eigenvalue weighted by atomic mass is 15.2. The van der Waals surface area contributed by atoms with Gasteiger partial charge in [-0.15, -0.1) is 0 Å². The second-order valence-electron chi connectivity index (χ2n) is 6.31. The summed E-state index contributed by atoms with van der Waals surface area (Å²) in [7, 11) is 0. The lowest BCUT2D eigenvalue weighted by Crippen LogP contribution is -2.39. The molecular formula is C16H24N2. The summed E-state index contributed by atoms with van der Waals surface area (Å²) in [6, 6.07) is 7.31. The van der Waals surface area contributed by atoms with Crippen LogP contribution in [0.5, 0.6) is 0 Å². The van der Waals surface area contributed by atoms with E-state index in [1.807, 2.05) is 0 Å². The molecule has 0 spiro atoms. The summed E-state index contributed by atoms with van der Waals surface area (Å²) in [6.07, 6.45) is 5.38. The van der Waals surface area contributed by atoms with E-state index in [-0.39, 0.29) is 0 Å². The van der Waals surface area contributed by atoms with Crippen molar-refractivity contribution < 1.29 is 0 Å². The fraction of sp³-hybridized carbons (Fsp3) is 0.625. The summed E-state index contributed by atoms with van der Waals surface area (Å²) in [5.74, 6) is 8.57. The van der Waals surface area contributed by atoms with Gasteiger partial charge in [0.15, 0.2) is 0 Å². The normalized spacial score (nSPS) is 31.2. The Morgan fingerprint density at radius 3 is 2.33 bits per heavy atom. The summed E-state index contributed by atoms with van der Waals surface area (Å²) in [5.41, 5.74) is 7.23. The lowest BCUT2D eigenvalue weighted by atomic mass is 9.96. The third kappa shape index (κ3) is 2.19. The molecule has 0 saturated heterocycles. The van der Waals surface area contributed by atoms with Gasteiger partial charge in [0, 0.05) is 6.04 Å². The first kappa shape index (κ1) is 12.2. The highest BCUT2D eigenvalue weighted by molar-refractivity contribution is 5.29. The zero-order valence-corrected chi connectivity index (χ0v) is 11.4. The average molecular weight is 244 g/mol. The maximum absolute atomic E-state index is 5.79. The lowest BCUT2D eigenvalue weighted by molar-refractivity contribution is 0.410. The molecule has 0 bridgehead atoms. The zero-order chi connectivity index (χ0) is 12.7. The zero-order valence-electron chi connectivity index (χ0n) is 11.4. The number of nitrogens with two attached hydrogens (primary N) is 1. The Kier molecular flexibility index (Phi) is 3.16. The van der Waals surface area contributed by atoms with Crippen LogP contribution < -0.4 is 11.3 Å². The van der Waals surface area contributed by atoms with Crippen molar-refractivity contribution in [2.75, 3.05) is 0 Å². The van der Waals surface area contributed by atoms with Crippen LogP contribution in [0.2, 0.25) is 0 Å². The van der Waals surface area contributed by atoms with Crippen molar-refractivity contribution in [1.29, 1.82) is 0 Å². The third-order valence-corrected chi connectivity index (χ3v) is 4.89. The fourth-order valence-corrected chi connectivity index (χ4v) is 4.22. The van der Waals surface area contributed by atoms with Crippen molar-refractivity contribution in [2.24, 2.45) is 23.6 Å². The quantitative estimate of drug-likeness (QED) is 0.631. The molecule has 3 N–H and O–H groups in total. The number of fused-ring (bicyclic) bond motifs is 1. The van der Waals surface area contributed by atoms with E-state index < -0.39 is 0 Å². The van der Waals surface area contributed by atoms with E-state index in [0.29, 0.717) is 6.04 Å². The summed E-state index contributed by atoms with van der Waals surface area (Å²) in [5, 5.41) is 0. The van der Waals surface area contributed by atoms with E-state index in [1.165, 1.54) is 36.0 Å². The Morgan fingerprint density at radius 2 is 1.78 bits per heavy atom. The number of hydrazine groups is 1. The number of rotatable bonds is 4. The van der Waals surface area contributed by atoms with Crippen LogP contribution >= 0.6 is 0 Å². The van der Waals surface area contributed by atoms with Gasteiger partial charge in [0.1, 0.15) is 0 Å². The molecule has 98 valence electrons. The topological polar surface area (TPSA) is 38.0 Å². The number of aryl methyl sites for hydroxylation is 2. The maximum Gasteiger partial charge on any atom is 0.0284 e. The maximum atomic E-state index is 5.79. The highest BCUT2D eigenvalue weighted by Crippen LogP contribution is 2.59. The van der Waals surface area contributed by atoms with Gasteiger partial charge in [-0.1, -0.05) is 35.7 Å². The smallest absolute Gasteiger partial charge is 0.0284 e. The molecule has 2 aliphatic carbocycles. The summed E-state index contributed by atoms with van der Waals surface area (Å²) >= 11 is 0. The lowest BCUT2D eigenvalue weighted by Gasteiger charge is -2.18. The van der Waals surface area contributed by atoms with Gasteiger partial charge in [0.2, 0.25) is 0 Å². The molecule has 0 aliphatic heterocycles. The fourth-order valence-electron chi connectivity index (χ4n) is 4.22. The van der Waals surface area contributed by atoms with Crippen LogP contribution in [0.1, 0.15) is 36.0 Å². The predicted octanol–water partition coefficient (Wildman–Crippen LogP) is 2.72. The van der Waals surface area contributed by atoms with Crippen molar-refractivity contribution in [2.45, 2.75) is 45.6 Å². The van der Waals surface area contributed by atoms with E-state index in [1.54, 1.807) is 0 Å². The molecule has 1 aromatic carbocycles. The van der Waals surface area contributed by atoms with Gasteiger partial charge >= 0.3 is 0 Å². The molecule has 2 aliphatic rings. The highest BCUT2D eigenvalue weighted by Gasteiger charge is 2.55. The van der Waals surface area contributed by atoms with Crippen LogP contribution in [0, 0.1) is 31.6 Å². The molecular weight excluding hydrogens is 220 g/mol. The minimum atomic E-state index is 0.474. The molecule has 0 amide bonds.